The maximum absolute atomic E-state index is 13.6. The van der Waals surface area contributed by atoms with Crippen molar-refractivity contribution in [2.75, 3.05) is 5.73 Å². The van der Waals surface area contributed by atoms with Crippen molar-refractivity contribution in [1.82, 2.24) is 14.3 Å². The number of aromatic nitrogens is 2. The van der Waals surface area contributed by atoms with Crippen LogP contribution in [0.15, 0.2) is 40.2 Å². The Balaban J connectivity index is 1.76. The van der Waals surface area contributed by atoms with Crippen LogP contribution in [0, 0.1) is 5.82 Å². The van der Waals surface area contributed by atoms with Crippen LogP contribution in [-0.4, -0.2) is 35.1 Å². The molecular weight excluding hydrogens is 379 g/mol. The topological polar surface area (TPSA) is 144 Å². The zero-order chi connectivity index (χ0) is 19.8. The molecule has 0 amide bonds. The quantitative estimate of drug-likeness (QED) is 0.676. The highest BCUT2D eigenvalue weighted by atomic mass is 32.2. The smallest absolute Gasteiger partial charge is 0.349 e. The second kappa shape index (κ2) is 7.08. The monoisotopic (exact) mass is 396 g/mol. The van der Waals surface area contributed by atoms with E-state index in [-0.39, 0.29) is 16.9 Å². The van der Waals surface area contributed by atoms with Crippen molar-refractivity contribution < 1.29 is 22.7 Å². The number of nitrogens with two attached hydrogens (primary N) is 1. The van der Waals surface area contributed by atoms with E-state index in [1.54, 1.807) is 0 Å². The van der Waals surface area contributed by atoms with Gasteiger partial charge in [-0.05, 0) is 37.5 Å². The minimum Gasteiger partial charge on any atom is -0.478 e. The summed E-state index contributed by atoms with van der Waals surface area (Å²) in [5.74, 6) is -2.53. The number of carboxylic acid groups (broad SMARTS) is 1. The molecule has 1 heterocycles. The fraction of sp³-hybridized carbons (Fsp3) is 0.312. The van der Waals surface area contributed by atoms with Crippen LogP contribution in [0.25, 0.3) is 0 Å². The highest BCUT2D eigenvalue weighted by molar-refractivity contribution is 7.89. The predicted molar refractivity (Wildman–Crippen MR) is 93.3 cm³/mol. The molecule has 11 heteroatoms. The first kappa shape index (κ1) is 19.0. The summed E-state index contributed by atoms with van der Waals surface area (Å²) in [4.78, 5) is 26.2. The Morgan fingerprint density at radius 1 is 1.37 bits per heavy atom. The molecule has 0 unspecified atom stereocenters. The van der Waals surface area contributed by atoms with Gasteiger partial charge in [0.2, 0.25) is 10.0 Å². The number of rotatable bonds is 5. The van der Waals surface area contributed by atoms with Gasteiger partial charge in [0.1, 0.15) is 0 Å². The molecule has 3 rings (SSSR count). The summed E-state index contributed by atoms with van der Waals surface area (Å²) in [7, 11) is -3.94. The number of anilines is 1. The zero-order valence-electron chi connectivity index (χ0n) is 14.0. The van der Waals surface area contributed by atoms with Gasteiger partial charge >= 0.3 is 11.7 Å². The van der Waals surface area contributed by atoms with Gasteiger partial charge in [0.25, 0.3) is 0 Å². The molecule has 0 bridgehead atoms. The molecule has 1 saturated carbocycles. The molecule has 1 aliphatic rings. The summed E-state index contributed by atoms with van der Waals surface area (Å²) in [6.45, 7) is 0. The summed E-state index contributed by atoms with van der Waals surface area (Å²) >= 11 is 0. The number of aromatic carboxylic acids is 1. The lowest BCUT2D eigenvalue weighted by Crippen LogP contribution is -2.34. The molecule has 0 aliphatic heterocycles. The van der Waals surface area contributed by atoms with Gasteiger partial charge in [-0.3, -0.25) is 4.57 Å². The van der Waals surface area contributed by atoms with Crippen molar-refractivity contribution in [3.63, 3.8) is 0 Å². The standard InChI is InChI=1S/C16H17FN4O5S/c17-13-8-21(16(24)19-14(13)18)11-5-4-10(7-11)20-27(25,26)12-3-1-2-9(6-12)15(22)23/h1-3,6,8,10-11,20H,4-5,7H2,(H,22,23)(H2,18,19,24)/t10-,11-/m0/s1. The fourth-order valence-corrected chi connectivity index (χ4v) is 4.45. The van der Waals surface area contributed by atoms with Gasteiger partial charge in [-0.25, -0.2) is 27.1 Å². The molecule has 0 spiro atoms. The van der Waals surface area contributed by atoms with E-state index in [0.717, 1.165) is 16.8 Å². The van der Waals surface area contributed by atoms with Gasteiger partial charge in [-0.2, -0.15) is 4.98 Å². The molecule has 1 aliphatic carbocycles. The van der Waals surface area contributed by atoms with E-state index in [0.29, 0.717) is 12.8 Å². The van der Waals surface area contributed by atoms with Crippen LogP contribution in [0.1, 0.15) is 35.7 Å². The van der Waals surface area contributed by atoms with Crippen molar-refractivity contribution in [2.24, 2.45) is 0 Å². The van der Waals surface area contributed by atoms with E-state index in [9.17, 15) is 22.4 Å². The highest BCUT2D eigenvalue weighted by Crippen LogP contribution is 2.30. The number of nitrogens with zero attached hydrogens (tertiary/aromatic N) is 2. The van der Waals surface area contributed by atoms with E-state index in [4.69, 9.17) is 10.8 Å². The maximum atomic E-state index is 13.6. The summed E-state index contributed by atoms with van der Waals surface area (Å²) in [6.07, 6.45) is 2.12. The Kier molecular flexibility index (Phi) is 4.98. The largest absolute Gasteiger partial charge is 0.478 e. The molecular formula is C16H17FN4O5S. The van der Waals surface area contributed by atoms with Gasteiger partial charge in [0.05, 0.1) is 10.5 Å². The molecule has 1 aromatic carbocycles. The number of hydrogen-bond acceptors (Lipinski definition) is 6. The number of nitrogen functional groups attached to an aromatic ring is 1. The van der Waals surface area contributed by atoms with Crippen LogP contribution in [-0.2, 0) is 10.0 Å². The van der Waals surface area contributed by atoms with Crippen LogP contribution < -0.4 is 16.1 Å². The number of halogens is 1. The summed E-state index contributed by atoms with van der Waals surface area (Å²) in [6, 6.07) is 4.10. The van der Waals surface area contributed by atoms with Crippen molar-refractivity contribution in [3.05, 3.63) is 52.3 Å². The Morgan fingerprint density at radius 2 is 2.11 bits per heavy atom. The van der Waals surface area contributed by atoms with Gasteiger partial charge in [-0.1, -0.05) is 6.07 Å². The van der Waals surface area contributed by atoms with E-state index >= 15 is 0 Å². The van der Waals surface area contributed by atoms with E-state index in [2.05, 4.69) is 9.71 Å². The van der Waals surface area contributed by atoms with Crippen LogP contribution in [0.2, 0.25) is 0 Å². The fourth-order valence-electron chi connectivity index (χ4n) is 3.12. The number of benzene rings is 1. The van der Waals surface area contributed by atoms with Crippen LogP contribution in [0.3, 0.4) is 0 Å². The van der Waals surface area contributed by atoms with Crippen LogP contribution >= 0.6 is 0 Å². The third-order valence-electron chi connectivity index (χ3n) is 4.45. The SMILES string of the molecule is Nc1nc(=O)n([C@H]2CC[C@H](NS(=O)(=O)c3cccc(C(=O)O)c3)C2)cc1F. The average molecular weight is 396 g/mol. The van der Waals surface area contributed by atoms with Crippen LogP contribution in [0.5, 0.6) is 0 Å². The lowest BCUT2D eigenvalue weighted by Gasteiger charge is -2.16. The Morgan fingerprint density at radius 3 is 2.81 bits per heavy atom. The summed E-state index contributed by atoms with van der Waals surface area (Å²) in [5.41, 5.74) is 4.42. The summed E-state index contributed by atoms with van der Waals surface area (Å²) < 4.78 is 42.2. The number of hydrogen-bond donors (Lipinski definition) is 3. The normalized spacial score (nSPS) is 19.9. The second-order valence-corrected chi connectivity index (χ2v) is 8.00. The van der Waals surface area contributed by atoms with Crippen molar-refractivity contribution in [3.8, 4) is 0 Å². The van der Waals surface area contributed by atoms with Gasteiger partial charge in [0.15, 0.2) is 11.6 Å². The van der Waals surface area contributed by atoms with E-state index in [1.807, 2.05) is 0 Å². The number of carboxylic acids is 1. The molecule has 2 atom stereocenters. The Hall–Kier alpha value is -2.79. The third kappa shape index (κ3) is 3.98. The van der Waals surface area contributed by atoms with E-state index < -0.39 is 45.4 Å². The highest BCUT2D eigenvalue weighted by Gasteiger charge is 2.31. The average Bonchev–Trinajstić information content (AvgIpc) is 3.05. The first-order valence-corrected chi connectivity index (χ1v) is 9.55. The molecule has 1 aromatic heterocycles. The molecule has 2 aromatic rings. The molecule has 1 fully saturated rings. The number of carbonyl (C=O) groups is 1. The van der Waals surface area contributed by atoms with Crippen LogP contribution in [0.4, 0.5) is 10.2 Å². The maximum Gasteiger partial charge on any atom is 0.349 e. The van der Waals surface area contributed by atoms with Crippen molar-refractivity contribution in [2.45, 2.75) is 36.2 Å². The first-order chi connectivity index (χ1) is 12.7. The number of sulfonamides is 1. The predicted octanol–water partition coefficient (Wildman–Crippen LogP) is 0.735. The molecule has 27 heavy (non-hydrogen) atoms. The van der Waals surface area contributed by atoms with Crippen molar-refractivity contribution in [1.29, 1.82) is 0 Å². The third-order valence-corrected chi connectivity index (χ3v) is 5.96. The second-order valence-electron chi connectivity index (χ2n) is 6.28. The lowest BCUT2D eigenvalue weighted by molar-refractivity contribution is 0.0696. The molecule has 9 nitrogen and oxygen atoms in total. The van der Waals surface area contributed by atoms with Gasteiger partial charge in [0, 0.05) is 18.3 Å². The minimum atomic E-state index is -3.94. The number of nitrogens with one attached hydrogen (secondary N) is 1. The molecule has 0 radical (unpaired) electrons. The minimum absolute atomic E-state index is 0.142. The zero-order valence-corrected chi connectivity index (χ0v) is 14.8. The van der Waals surface area contributed by atoms with E-state index in [1.165, 1.54) is 18.2 Å². The molecule has 144 valence electrons. The first-order valence-electron chi connectivity index (χ1n) is 8.07. The lowest BCUT2D eigenvalue weighted by atomic mass is 10.2. The Bertz CT molecular complexity index is 1050. The van der Waals surface area contributed by atoms with Gasteiger partial charge in [-0.15, -0.1) is 0 Å². The molecule has 0 saturated heterocycles. The summed E-state index contributed by atoms with van der Waals surface area (Å²) in [5, 5.41) is 8.99. The van der Waals surface area contributed by atoms with Crippen molar-refractivity contribution >= 4 is 21.8 Å². The van der Waals surface area contributed by atoms with Gasteiger partial charge < -0.3 is 10.8 Å². The Labute approximate surface area is 153 Å². The molecule has 4 N–H and O–H groups in total.